The Morgan fingerprint density at radius 3 is 2.50 bits per heavy atom. The largest absolute Gasteiger partial charge is 0.417 e. The zero-order valence-corrected chi connectivity index (χ0v) is 22.2. The van der Waals surface area contributed by atoms with Gasteiger partial charge in [0.1, 0.15) is 0 Å². The summed E-state index contributed by atoms with van der Waals surface area (Å²) in [5, 5.41) is 3.18. The van der Waals surface area contributed by atoms with Crippen molar-refractivity contribution in [3.63, 3.8) is 0 Å². The lowest BCUT2D eigenvalue weighted by Crippen LogP contribution is -2.41. The molecule has 2 fully saturated rings. The van der Waals surface area contributed by atoms with E-state index in [9.17, 15) is 14.4 Å². The van der Waals surface area contributed by atoms with Crippen LogP contribution in [-0.4, -0.2) is 60.8 Å². The number of ketones is 1. The maximum absolute atomic E-state index is 12.8. The minimum absolute atomic E-state index is 0.0218. The summed E-state index contributed by atoms with van der Waals surface area (Å²) in [4.78, 5) is 44.1. The third-order valence-electron chi connectivity index (χ3n) is 8.12. The van der Waals surface area contributed by atoms with Gasteiger partial charge in [-0.25, -0.2) is 4.79 Å². The molecule has 1 amide bonds. The number of H-pyrrole nitrogens is 1. The van der Waals surface area contributed by atoms with E-state index >= 15 is 0 Å². The van der Waals surface area contributed by atoms with E-state index in [0.29, 0.717) is 36.2 Å². The van der Waals surface area contributed by atoms with Crippen LogP contribution in [0, 0.1) is 5.92 Å². The van der Waals surface area contributed by atoms with Crippen LogP contribution in [0.25, 0.3) is 11.1 Å². The van der Waals surface area contributed by atoms with Crippen molar-refractivity contribution in [1.82, 2.24) is 15.2 Å². The van der Waals surface area contributed by atoms with Crippen LogP contribution < -0.4 is 16.0 Å². The summed E-state index contributed by atoms with van der Waals surface area (Å²) < 4.78 is 5.06. The fraction of sp³-hybridized carbons (Fsp3) is 0.500. The number of oxazole rings is 1. The Kier molecular flexibility index (Phi) is 8.27. The van der Waals surface area contributed by atoms with Gasteiger partial charge in [0.15, 0.2) is 11.4 Å². The van der Waals surface area contributed by atoms with E-state index in [1.54, 1.807) is 18.2 Å². The van der Waals surface area contributed by atoms with Gasteiger partial charge in [-0.3, -0.25) is 14.6 Å². The van der Waals surface area contributed by atoms with E-state index < -0.39 is 5.76 Å². The number of anilines is 1. The minimum Gasteiger partial charge on any atom is -0.408 e. The molecule has 202 valence electrons. The number of rotatable bonds is 9. The van der Waals surface area contributed by atoms with Gasteiger partial charge in [-0.05, 0) is 87.0 Å². The zero-order chi connectivity index (χ0) is 26.5. The second-order valence-corrected chi connectivity index (χ2v) is 10.8. The number of likely N-dealkylation sites (tertiary alicyclic amines) is 1. The average molecular weight is 519 g/mol. The number of piperidine rings is 2. The fourth-order valence-corrected chi connectivity index (χ4v) is 5.62. The Morgan fingerprint density at radius 2 is 1.76 bits per heavy atom. The summed E-state index contributed by atoms with van der Waals surface area (Å²) in [6.45, 7) is 7.37. The molecule has 2 aliphatic rings. The molecule has 0 spiro atoms. The molecule has 0 radical (unpaired) electrons. The molecule has 0 bridgehead atoms. The number of aromatic nitrogens is 1. The van der Waals surface area contributed by atoms with Crippen molar-refractivity contribution in [3.8, 4) is 0 Å². The van der Waals surface area contributed by atoms with Crippen molar-refractivity contribution >= 4 is 28.5 Å². The average Bonchev–Trinajstić information content (AvgIpc) is 3.34. The topological polar surface area (TPSA) is 98.7 Å². The Bertz CT molecular complexity index is 1300. The van der Waals surface area contributed by atoms with Gasteiger partial charge in [0.25, 0.3) is 0 Å². The first-order valence-corrected chi connectivity index (χ1v) is 14.0. The second-order valence-electron chi connectivity index (χ2n) is 10.8. The lowest BCUT2D eigenvalue weighted by molar-refractivity contribution is -0.126. The molecular formula is C30H38N4O4. The Morgan fingerprint density at radius 1 is 1.03 bits per heavy atom. The van der Waals surface area contributed by atoms with Gasteiger partial charge < -0.3 is 19.5 Å². The molecule has 2 saturated heterocycles. The first-order chi connectivity index (χ1) is 18.5. The third-order valence-corrected chi connectivity index (χ3v) is 8.12. The Labute approximate surface area is 223 Å². The molecule has 2 aromatic carbocycles. The molecule has 8 nitrogen and oxygen atoms in total. The number of fused-ring (bicyclic) bond motifs is 1. The molecule has 2 aliphatic heterocycles. The van der Waals surface area contributed by atoms with Crippen LogP contribution in [0.3, 0.4) is 0 Å². The van der Waals surface area contributed by atoms with E-state index in [2.05, 4.69) is 51.3 Å². The monoisotopic (exact) mass is 518 g/mol. The predicted molar refractivity (Wildman–Crippen MR) is 149 cm³/mol. The quantitative estimate of drug-likeness (QED) is 0.410. The molecule has 1 atom stereocenters. The number of carbonyl (C=O) groups is 2. The summed E-state index contributed by atoms with van der Waals surface area (Å²) in [5.74, 6) is -0.0753. The molecule has 3 heterocycles. The molecule has 38 heavy (non-hydrogen) atoms. The molecule has 2 N–H and O–H groups in total. The number of hydrogen-bond donors (Lipinski definition) is 2. The molecule has 0 aliphatic carbocycles. The number of Topliss-reactive ketones (excluding diaryl/α,β-unsaturated/α-hetero) is 1. The molecule has 1 aromatic heterocycles. The Hall–Kier alpha value is -3.39. The highest BCUT2D eigenvalue weighted by atomic mass is 16.4. The maximum atomic E-state index is 12.8. The summed E-state index contributed by atoms with van der Waals surface area (Å²) >= 11 is 0. The maximum Gasteiger partial charge on any atom is 0.417 e. The van der Waals surface area contributed by atoms with Gasteiger partial charge >= 0.3 is 5.76 Å². The second kappa shape index (κ2) is 12.0. The highest BCUT2D eigenvalue weighted by molar-refractivity contribution is 5.98. The van der Waals surface area contributed by atoms with Crippen LogP contribution >= 0.6 is 0 Å². The predicted octanol–water partition coefficient (Wildman–Crippen LogP) is 4.32. The molecule has 8 heteroatoms. The highest BCUT2D eigenvalue weighted by Crippen LogP contribution is 2.24. The molecule has 3 aromatic rings. The number of aromatic amines is 1. The van der Waals surface area contributed by atoms with Gasteiger partial charge in [-0.15, -0.1) is 0 Å². The van der Waals surface area contributed by atoms with Gasteiger partial charge in [-0.1, -0.05) is 19.1 Å². The highest BCUT2D eigenvalue weighted by Gasteiger charge is 2.25. The van der Waals surface area contributed by atoms with Gasteiger partial charge in [-0.2, -0.15) is 0 Å². The van der Waals surface area contributed by atoms with E-state index in [4.69, 9.17) is 4.42 Å². The summed E-state index contributed by atoms with van der Waals surface area (Å²) in [5.41, 5.74) is 4.09. The van der Waals surface area contributed by atoms with Crippen LogP contribution in [0.4, 0.5) is 5.69 Å². The van der Waals surface area contributed by atoms with Crippen LogP contribution in [0.15, 0.2) is 51.7 Å². The van der Waals surface area contributed by atoms with Crippen LogP contribution in [0.2, 0.25) is 0 Å². The van der Waals surface area contributed by atoms with E-state index in [1.807, 2.05) is 0 Å². The third kappa shape index (κ3) is 6.35. The number of amides is 1. The number of nitrogens with zero attached hydrogens (tertiary/aromatic N) is 2. The number of benzene rings is 2. The van der Waals surface area contributed by atoms with Crippen molar-refractivity contribution < 1.29 is 14.0 Å². The van der Waals surface area contributed by atoms with E-state index in [0.717, 1.165) is 39.0 Å². The zero-order valence-electron chi connectivity index (χ0n) is 22.2. The Balaban J connectivity index is 1.02. The molecule has 5 rings (SSSR count). The van der Waals surface area contributed by atoms with E-state index in [-0.39, 0.29) is 23.5 Å². The SMILES string of the molecule is CC(CNC(=O)C1CCN(CCC(=O)c2ccc3[nH]c(=O)oc3c2)CC1)c1ccc(N2CCCCC2)cc1. The van der Waals surface area contributed by atoms with Crippen LogP contribution in [-0.2, 0) is 4.79 Å². The fourth-order valence-electron chi connectivity index (χ4n) is 5.62. The molecular weight excluding hydrogens is 480 g/mol. The van der Waals surface area contributed by atoms with Crippen LogP contribution in [0.5, 0.6) is 0 Å². The van der Waals surface area contributed by atoms with Crippen molar-refractivity contribution in [2.24, 2.45) is 5.92 Å². The number of hydrogen-bond acceptors (Lipinski definition) is 6. The lowest BCUT2D eigenvalue weighted by Gasteiger charge is -2.31. The van der Waals surface area contributed by atoms with Crippen molar-refractivity contribution in [1.29, 1.82) is 0 Å². The van der Waals surface area contributed by atoms with Gasteiger partial charge in [0.05, 0.1) is 5.52 Å². The van der Waals surface area contributed by atoms with Gasteiger partial charge in [0.2, 0.25) is 5.91 Å². The first-order valence-electron chi connectivity index (χ1n) is 14.0. The van der Waals surface area contributed by atoms with Gasteiger partial charge in [0, 0.05) is 49.8 Å². The van der Waals surface area contributed by atoms with Crippen LogP contribution in [0.1, 0.15) is 67.3 Å². The van der Waals surface area contributed by atoms with Crippen molar-refractivity contribution in [2.45, 2.75) is 51.4 Å². The lowest BCUT2D eigenvalue weighted by atomic mass is 9.94. The van der Waals surface area contributed by atoms with Crippen molar-refractivity contribution in [2.75, 3.05) is 44.2 Å². The normalized spacial score (nSPS) is 18.0. The van der Waals surface area contributed by atoms with E-state index in [1.165, 1.54) is 30.5 Å². The number of carbonyl (C=O) groups excluding carboxylic acids is 2. The molecule has 0 saturated carbocycles. The summed E-state index contributed by atoms with van der Waals surface area (Å²) in [6.07, 6.45) is 5.88. The summed E-state index contributed by atoms with van der Waals surface area (Å²) in [7, 11) is 0. The first kappa shape index (κ1) is 26.2. The molecule has 1 unspecified atom stereocenters. The number of nitrogens with one attached hydrogen (secondary N) is 2. The smallest absolute Gasteiger partial charge is 0.408 e. The standard InChI is InChI=1S/C30H38N4O4/c1-21(22-5-8-25(9-6-22)34-14-3-2-4-15-34)20-31-29(36)23-11-16-33(17-12-23)18-13-27(35)24-7-10-26-28(19-24)38-30(37)32-26/h5-10,19,21,23H,2-4,11-18,20H2,1H3,(H,31,36)(H,32,37). The van der Waals surface area contributed by atoms with Crippen molar-refractivity contribution in [3.05, 3.63) is 64.1 Å². The summed E-state index contributed by atoms with van der Waals surface area (Å²) in [6, 6.07) is 13.9. The minimum atomic E-state index is -0.521.